The molecule has 2 aromatic carbocycles. The monoisotopic (exact) mass is 404 g/mol. The summed E-state index contributed by atoms with van der Waals surface area (Å²) in [5.74, 6) is 0.571. The van der Waals surface area contributed by atoms with Crippen LogP contribution in [0.25, 0.3) is 0 Å². The molecule has 0 aromatic heterocycles. The Labute approximate surface area is 153 Å². The Morgan fingerprint density at radius 1 is 1.19 bits per heavy atom. The number of hydrogen-bond acceptors (Lipinski definition) is 6. The third-order valence-electron chi connectivity index (χ3n) is 3.72. The minimum Gasteiger partial charge on any atom is -0.497 e. The minimum absolute atomic E-state index is 0.0241. The molecule has 0 aliphatic carbocycles. The van der Waals surface area contributed by atoms with Crippen molar-refractivity contribution < 1.29 is 31.2 Å². The predicted octanol–water partition coefficient (Wildman–Crippen LogP) is 3.53. The van der Waals surface area contributed by atoms with Gasteiger partial charge in [-0.2, -0.15) is 13.2 Å². The molecule has 0 amide bonds. The Balaban J connectivity index is 2.43. The van der Waals surface area contributed by atoms with Gasteiger partial charge in [-0.1, -0.05) is 12.1 Å². The Morgan fingerprint density at radius 2 is 1.85 bits per heavy atom. The zero-order valence-electron chi connectivity index (χ0n) is 14.2. The van der Waals surface area contributed by atoms with E-state index in [-0.39, 0.29) is 12.2 Å². The maximum absolute atomic E-state index is 12.7. The van der Waals surface area contributed by atoms with Crippen LogP contribution in [-0.2, 0) is 16.4 Å². The number of sulfone groups is 1. The summed E-state index contributed by atoms with van der Waals surface area (Å²) in [6.45, 7) is 0.184. The van der Waals surface area contributed by atoms with Gasteiger partial charge in [-0.15, -0.1) is 0 Å². The molecule has 0 heterocycles. The molecule has 27 heavy (non-hydrogen) atoms. The first kappa shape index (κ1) is 20.5. The fraction of sp³-hybridized carbons (Fsp3) is 0.250. The van der Waals surface area contributed by atoms with Crippen LogP contribution < -0.4 is 9.64 Å². The van der Waals surface area contributed by atoms with E-state index in [1.165, 1.54) is 19.1 Å². The molecule has 0 unspecified atom stereocenters. The van der Waals surface area contributed by atoms with E-state index < -0.39 is 30.9 Å². The van der Waals surface area contributed by atoms with Crippen molar-refractivity contribution in [1.29, 1.82) is 0 Å². The van der Waals surface area contributed by atoms with Gasteiger partial charge in [-0.05, 0) is 29.8 Å². The third kappa shape index (κ3) is 4.30. The first-order valence-electron chi connectivity index (χ1n) is 7.41. The molecule has 0 fully saturated rings. The summed E-state index contributed by atoms with van der Waals surface area (Å²) in [6.07, 6.45) is 0. The van der Waals surface area contributed by atoms with Crippen molar-refractivity contribution in [3.05, 3.63) is 58.1 Å². The fourth-order valence-corrected chi connectivity index (χ4v) is 3.18. The molecular weight excluding hydrogens is 389 g/mol. The highest BCUT2D eigenvalue weighted by molar-refractivity contribution is 7.92. The molecule has 11 heteroatoms. The Hall–Kier alpha value is -2.82. The SMILES string of the molecule is COc1cccc(CN(C)c2ccc(S(=O)(=O)C(F)(F)F)cc2[N+](=O)[O-])c1. The van der Waals surface area contributed by atoms with Gasteiger partial charge in [0.05, 0.1) is 16.9 Å². The van der Waals surface area contributed by atoms with E-state index in [1.54, 1.807) is 24.3 Å². The zero-order valence-corrected chi connectivity index (χ0v) is 15.0. The second-order valence-corrected chi connectivity index (χ2v) is 7.51. The minimum atomic E-state index is -5.68. The van der Waals surface area contributed by atoms with Gasteiger partial charge in [0.2, 0.25) is 0 Å². The number of anilines is 1. The van der Waals surface area contributed by atoms with Crippen molar-refractivity contribution in [3.8, 4) is 5.75 Å². The van der Waals surface area contributed by atoms with Gasteiger partial charge in [0.25, 0.3) is 15.5 Å². The molecule has 2 aromatic rings. The number of halogens is 3. The van der Waals surface area contributed by atoms with Crippen LogP contribution in [0, 0.1) is 10.1 Å². The first-order chi connectivity index (χ1) is 12.5. The number of nitro groups is 1. The van der Waals surface area contributed by atoms with Crippen molar-refractivity contribution in [1.82, 2.24) is 0 Å². The summed E-state index contributed by atoms with van der Waals surface area (Å²) in [7, 11) is -2.70. The number of hydrogen-bond donors (Lipinski definition) is 0. The molecule has 146 valence electrons. The van der Waals surface area contributed by atoms with Crippen molar-refractivity contribution in [2.45, 2.75) is 16.9 Å². The number of nitrogens with zero attached hydrogens (tertiary/aromatic N) is 2. The van der Waals surface area contributed by atoms with Gasteiger partial charge in [0.1, 0.15) is 11.4 Å². The average molecular weight is 404 g/mol. The van der Waals surface area contributed by atoms with Crippen LogP contribution in [0.5, 0.6) is 5.75 Å². The quantitative estimate of drug-likeness (QED) is 0.541. The highest BCUT2D eigenvalue weighted by Gasteiger charge is 2.47. The Bertz CT molecular complexity index is 961. The van der Waals surface area contributed by atoms with Crippen molar-refractivity contribution in [3.63, 3.8) is 0 Å². The summed E-state index contributed by atoms with van der Waals surface area (Å²) < 4.78 is 66.2. The van der Waals surface area contributed by atoms with Gasteiger partial charge in [-0.25, -0.2) is 8.42 Å². The second-order valence-electron chi connectivity index (χ2n) is 5.56. The van der Waals surface area contributed by atoms with Crippen LogP contribution in [0.2, 0.25) is 0 Å². The van der Waals surface area contributed by atoms with E-state index in [9.17, 15) is 31.7 Å². The smallest absolute Gasteiger partial charge is 0.497 e. The van der Waals surface area contributed by atoms with Gasteiger partial charge < -0.3 is 9.64 Å². The van der Waals surface area contributed by atoms with E-state index in [2.05, 4.69) is 0 Å². The van der Waals surface area contributed by atoms with E-state index in [0.717, 1.165) is 11.6 Å². The highest BCUT2D eigenvalue weighted by atomic mass is 32.2. The fourth-order valence-electron chi connectivity index (χ4n) is 2.40. The molecule has 0 N–H and O–H groups in total. The Kier molecular flexibility index (Phi) is 5.64. The maximum atomic E-state index is 12.7. The van der Waals surface area contributed by atoms with E-state index in [1.807, 2.05) is 0 Å². The number of benzene rings is 2. The number of ether oxygens (including phenoxy) is 1. The molecule has 0 atom stereocenters. The molecule has 0 radical (unpaired) electrons. The topological polar surface area (TPSA) is 89.8 Å². The van der Waals surface area contributed by atoms with Crippen molar-refractivity contribution >= 4 is 21.2 Å². The number of alkyl halides is 3. The van der Waals surface area contributed by atoms with Crippen molar-refractivity contribution in [2.75, 3.05) is 19.1 Å². The molecule has 2 rings (SSSR count). The zero-order chi connectivity index (χ0) is 20.4. The lowest BCUT2D eigenvalue weighted by molar-refractivity contribution is -0.384. The average Bonchev–Trinajstić information content (AvgIpc) is 2.60. The number of nitro benzene ring substituents is 1. The molecule has 7 nitrogen and oxygen atoms in total. The van der Waals surface area contributed by atoms with Crippen LogP contribution in [0.1, 0.15) is 5.56 Å². The van der Waals surface area contributed by atoms with Gasteiger partial charge in [-0.3, -0.25) is 10.1 Å². The molecule has 0 saturated heterocycles. The standard InChI is InChI=1S/C16H15F3N2O5S/c1-20(10-11-4-3-5-12(8-11)26-2)14-7-6-13(9-15(14)21(22)23)27(24,25)16(17,18)19/h3-9H,10H2,1-2H3. The van der Waals surface area contributed by atoms with Crippen LogP contribution in [0.15, 0.2) is 47.4 Å². The van der Waals surface area contributed by atoms with E-state index in [4.69, 9.17) is 4.74 Å². The van der Waals surface area contributed by atoms with Crippen LogP contribution in [0.3, 0.4) is 0 Å². The maximum Gasteiger partial charge on any atom is 0.501 e. The van der Waals surface area contributed by atoms with Crippen molar-refractivity contribution in [2.24, 2.45) is 0 Å². The molecule has 0 saturated carbocycles. The number of rotatable bonds is 6. The first-order valence-corrected chi connectivity index (χ1v) is 8.89. The van der Waals surface area contributed by atoms with Gasteiger partial charge in [0.15, 0.2) is 0 Å². The predicted molar refractivity (Wildman–Crippen MR) is 91.4 cm³/mol. The van der Waals surface area contributed by atoms with Gasteiger partial charge in [0, 0.05) is 19.7 Å². The third-order valence-corrected chi connectivity index (χ3v) is 5.21. The lowest BCUT2D eigenvalue weighted by atomic mass is 10.2. The summed E-state index contributed by atoms with van der Waals surface area (Å²) in [4.78, 5) is 10.6. The van der Waals surface area contributed by atoms with Crippen LogP contribution >= 0.6 is 0 Å². The van der Waals surface area contributed by atoms with Crippen LogP contribution in [0.4, 0.5) is 24.5 Å². The normalized spacial score (nSPS) is 11.9. The summed E-state index contributed by atoms with van der Waals surface area (Å²) in [5, 5.41) is 11.3. The highest BCUT2D eigenvalue weighted by Crippen LogP contribution is 2.36. The summed E-state index contributed by atoms with van der Waals surface area (Å²) in [6, 6.07) is 8.97. The second kappa shape index (κ2) is 7.43. The van der Waals surface area contributed by atoms with E-state index >= 15 is 0 Å². The molecule has 0 bridgehead atoms. The largest absolute Gasteiger partial charge is 0.501 e. The van der Waals surface area contributed by atoms with Crippen LogP contribution in [-0.4, -0.2) is 33.0 Å². The summed E-state index contributed by atoms with van der Waals surface area (Å²) >= 11 is 0. The molecule has 0 spiro atoms. The summed E-state index contributed by atoms with van der Waals surface area (Å²) in [5.41, 5.74) is -5.58. The van der Waals surface area contributed by atoms with E-state index in [0.29, 0.717) is 17.9 Å². The lowest BCUT2D eigenvalue weighted by Gasteiger charge is -2.20. The molecule has 0 aliphatic heterocycles. The Morgan fingerprint density at radius 3 is 2.41 bits per heavy atom. The lowest BCUT2D eigenvalue weighted by Crippen LogP contribution is -2.24. The number of methoxy groups -OCH3 is 1. The van der Waals surface area contributed by atoms with Gasteiger partial charge >= 0.3 is 5.51 Å². The molecular formula is C16H15F3N2O5S. The molecule has 0 aliphatic rings.